The molecule has 0 bridgehead atoms. The number of hydrogen-bond acceptors (Lipinski definition) is 2. The predicted octanol–water partition coefficient (Wildman–Crippen LogP) is 4.55. The Morgan fingerprint density at radius 1 is 1.33 bits per heavy atom. The summed E-state index contributed by atoms with van der Waals surface area (Å²) >= 11 is 0. The van der Waals surface area contributed by atoms with Crippen molar-refractivity contribution in [1.82, 2.24) is 0 Å². The van der Waals surface area contributed by atoms with Crippen LogP contribution in [0.3, 0.4) is 0 Å². The van der Waals surface area contributed by atoms with Gasteiger partial charge >= 0.3 is 0 Å². The van der Waals surface area contributed by atoms with Gasteiger partial charge in [-0.3, -0.25) is 0 Å². The minimum Gasteiger partial charge on any atom is -0.350 e. The number of hydrogen-bond donors (Lipinski definition) is 0. The molecule has 0 spiro atoms. The van der Waals surface area contributed by atoms with Gasteiger partial charge in [0, 0.05) is 0 Å². The van der Waals surface area contributed by atoms with E-state index in [1.54, 1.807) is 0 Å². The summed E-state index contributed by atoms with van der Waals surface area (Å²) in [4.78, 5) is 0. The fraction of sp³-hybridized carbons (Fsp3) is 0.875. The average molecular weight is 254 g/mol. The van der Waals surface area contributed by atoms with Gasteiger partial charge in [0.1, 0.15) is 0 Å². The van der Waals surface area contributed by atoms with Crippen molar-refractivity contribution >= 4 is 0 Å². The molecule has 0 amide bonds. The smallest absolute Gasteiger partial charge is 0.158 e. The first-order valence-corrected chi connectivity index (χ1v) is 7.44. The molecule has 106 valence electrons. The molecule has 0 aliphatic carbocycles. The highest BCUT2D eigenvalue weighted by molar-refractivity contribution is 4.88. The molecule has 0 aromatic rings. The van der Waals surface area contributed by atoms with Crippen molar-refractivity contribution in [2.45, 2.75) is 72.2 Å². The van der Waals surface area contributed by atoms with E-state index >= 15 is 0 Å². The average Bonchev–Trinajstić information content (AvgIpc) is 2.73. The Labute approximate surface area is 113 Å². The molecule has 2 nitrogen and oxygen atoms in total. The molecule has 0 radical (unpaired) electrons. The largest absolute Gasteiger partial charge is 0.350 e. The van der Waals surface area contributed by atoms with Crippen molar-refractivity contribution in [2.75, 3.05) is 6.61 Å². The van der Waals surface area contributed by atoms with Crippen molar-refractivity contribution < 1.29 is 9.47 Å². The van der Waals surface area contributed by atoms with Gasteiger partial charge in [0.25, 0.3) is 0 Å². The van der Waals surface area contributed by atoms with Gasteiger partial charge in [-0.05, 0) is 44.4 Å². The molecule has 1 aliphatic heterocycles. The maximum absolute atomic E-state index is 5.91. The van der Waals surface area contributed by atoms with E-state index in [9.17, 15) is 0 Å². The Morgan fingerprint density at radius 3 is 2.67 bits per heavy atom. The highest BCUT2D eigenvalue weighted by atomic mass is 16.7. The van der Waals surface area contributed by atoms with Crippen LogP contribution in [0.4, 0.5) is 0 Å². The molecule has 1 fully saturated rings. The first kappa shape index (κ1) is 15.7. The monoisotopic (exact) mass is 254 g/mol. The fourth-order valence-corrected chi connectivity index (χ4v) is 2.42. The summed E-state index contributed by atoms with van der Waals surface area (Å²) in [5.74, 6) is 1.42. The molecule has 0 saturated carbocycles. The minimum absolute atomic E-state index is 0.0536. The SMILES string of the molecule is C=C(C)CC[C@H](C)[C@@H](C)C[C@@H]1COC(CCC)O1. The van der Waals surface area contributed by atoms with Gasteiger partial charge in [-0.1, -0.05) is 32.8 Å². The van der Waals surface area contributed by atoms with Crippen LogP contribution in [0.25, 0.3) is 0 Å². The first-order chi connectivity index (χ1) is 8.52. The molecular weight excluding hydrogens is 224 g/mol. The van der Waals surface area contributed by atoms with Crippen LogP contribution in [0, 0.1) is 11.8 Å². The van der Waals surface area contributed by atoms with E-state index in [1.807, 2.05) is 0 Å². The Kier molecular flexibility index (Phi) is 6.95. The maximum Gasteiger partial charge on any atom is 0.158 e. The third-order valence-electron chi connectivity index (χ3n) is 3.97. The second-order valence-corrected chi connectivity index (χ2v) is 6.00. The van der Waals surface area contributed by atoms with Crippen molar-refractivity contribution in [3.63, 3.8) is 0 Å². The number of rotatable bonds is 8. The lowest BCUT2D eigenvalue weighted by atomic mass is 9.86. The van der Waals surface area contributed by atoms with Gasteiger partial charge in [0.2, 0.25) is 0 Å². The second kappa shape index (κ2) is 7.96. The highest BCUT2D eigenvalue weighted by Crippen LogP contribution is 2.27. The fourth-order valence-electron chi connectivity index (χ4n) is 2.42. The van der Waals surface area contributed by atoms with Crippen molar-refractivity contribution in [1.29, 1.82) is 0 Å². The zero-order chi connectivity index (χ0) is 13.5. The summed E-state index contributed by atoms with van der Waals surface area (Å²) in [6.45, 7) is 13.7. The number of allylic oxidation sites excluding steroid dienone is 1. The Bertz CT molecular complexity index is 249. The first-order valence-electron chi connectivity index (χ1n) is 7.44. The lowest BCUT2D eigenvalue weighted by Crippen LogP contribution is -2.19. The van der Waals surface area contributed by atoms with Crippen LogP contribution >= 0.6 is 0 Å². The number of ether oxygens (including phenoxy) is 2. The van der Waals surface area contributed by atoms with Gasteiger partial charge in [0.05, 0.1) is 12.7 Å². The molecule has 0 aromatic carbocycles. The normalized spacial score (nSPS) is 27.1. The standard InChI is InChI=1S/C16H30O2/c1-6-7-16-17-11-15(18-16)10-14(5)13(4)9-8-12(2)3/h13-16H,2,6-11H2,1,3-5H3/t13-,14-,15+,16?/m0/s1. The van der Waals surface area contributed by atoms with Crippen LogP contribution < -0.4 is 0 Å². The molecule has 4 atom stereocenters. The van der Waals surface area contributed by atoms with Crippen LogP contribution in [-0.2, 0) is 9.47 Å². The summed E-state index contributed by atoms with van der Waals surface area (Å²) in [6, 6.07) is 0. The Balaban J connectivity index is 2.23. The molecule has 0 N–H and O–H groups in total. The molecule has 2 heteroatoms. The maximum atomic E-state index is 5.91. The summed E-state index contributed by atoms with van der Waals surface area (Å²) < 4.78 is 11.6. The van der Waals surface area contributed by atoms with Gasteiger partial charge < -0.3 is 9.47 Å². The summed E-state index contributed by atoms with van der Waals surface area (Å²) in [7, 11) is 0. The van der Waals surface area contributed by atoms with E-state index in [0.717, 1.165) is 38.2 Å². The molecular formula is C16H30O2. The van der Waals surface area contributed by atoms with E-state index in [0.29, 0.717) is 12.0 Å². The summed E-state index contributed by atoms with van der Waals surface area (Å²) in [5.41, 5.74) is 1.29. The highest BCUT2D eigenvalue weighted by Gasteiger charge is 2.27. The van der Waals surface area contributed by atoms with Crippen LogP contribution in [0.15, 0.2) is 12.2 Å². The predicted molar refractivity (Wildman–Crippen MR) is 76.5 cm³/mol. The van der Waals surface area contributed by atoms with Crippen molar-refractivity contribution in [3.8, 4) is 0 Å². The molecule has 1 saturated heterocycles. The lowest BCUT2D eigenvalue weighted by molar-refractivity contribution is -0.0656. The molecule has 0 aromatic heterocycles. The van der Waals surface area contributed by atoms with Crippen LogP contribution in [-0.4, -0.2) is 19.0 Å². The Hall–Kier alpha value is -0.340. The van der Waals surface area contributed by atoms with Crippen LogP contribution in [0.5, 0.6) is 0 Å². The van der Waals surface area contributed by atoms with E-state index < -0.39 is 0 Å². The van der Waals surface area contributed by atoms with Crippen molar-refractivity contribution in [3.05, 3.63) is 12.2 Å². The summed E-state index contributed by atoms with van der Waals surface area (Å²) in [6.07, 6.45) is 6.02. The van der Waals surface area contributed by atoms with E-state index in [-0.39, 0.29) is 6.29 Å². The lowest BCUT2D eigenvalue weighted by Gasteiger charge is -2.22. The molecule has 18 heavy (non-hydrogen) atoms. The topological polar surface area (TPSA) is 18.5 Å². The van der Waals surface area contributed by atoms with Crippen molar-refractivity contribution in [2.24, 2.45) is 11.8 Å². The van der Waals surface area contributed by atoms with E-state index in [2.05, 4.69) is 34.3 Å². The zero-order valence-corrected chi connectivity index (χ0v) is 12.6. The molecule has 1 rings (SSSR count). The third kappa shape index (κ3) is 5.53. The van der Waals surface area contributed by atoms with E-state index in [4.69, 9.17) is 9.47 Å². The minimum atomic E-state index is 0.0536. The third-order valence-corrected chi connectivity index (χ3v) is 3.97. The van der Waals surface area contributed by atoms with E-state index in [1.165, 1.54) is 12.0 Å². The zero-order valence-electron chi connectivity index (χ0n) is 12.6. The quantitative estimate of drug-likeness (QED) is 0.592. The van der Waals surface area contributed by atoms with Gasteiger partial charge in [-0.25, -0.2) is 0 Å². The molecule has 1 heterocycles. The van der Waals surface area contributed by atoms with Crippen LogP contribution in [0.1, 0.15) is 59.8 Å². The van der Waals surface area contributed by atoms with Crippen LogP contribution in [0.2, 0.25) is 0 Å². The van der Waals surface area contributed by atoms with Gasteiger partial charge in [0.15, 0.2) is 6.29 Å². The van der Waals surface area contributed by atoms with Gasteiger partial charge in [-0.15, -0.1) is 6.58 Å². The second-order valence-electron chi connectivity index (χ2n) is 6.00. The Morgan fingerprint density at radius 2 is 2.06 bits per heavy atom. The van der Waals surface area contributed by atoms with Gasteiger partial charge in [-0.2, -0.15) is 0 Å². The molecule has 1 aliphatic rings. The summed E-state index contributed by atoms with van der Waals surface area (Å²) in [5, 5.41) is 0. The molecule has 1 unspecified atom stereocenters.